The van der Waals surface area contributed by atoms with Crippen LogP contribution in [0.5, 0.6) is 0 Å². The lowest BCUT2D eigenvalue weighted by Crippen LogP contribution is -2.13. The first kappa shape index (κ1) is 14.4. The molecule has 2 rings (SSSR count). The zero-order valence-electron chi connectivity index (χ0n) is 10.7. The number of benzene rings is 1. The maximum atomic E-state index is 12.5. The molecule has 1 aromatic heterocycles. The van der Waals surface area contributed by atoms with Crippen LogP contribution in [0.4, 0.5) is 18.9 Å². The summed E-state index contributed by atoms with van der Waals surface area (Å²) in [7, 11) is 0. The number of nitrogens with two attached hydrogens (primary N) is 1. The first-order chi connectivity index (χ1) is 9.50. The van der Waals surface area contributed by atoms with Gasteiger partial charge in [-0.15, -0.1) is 0 Å². The zero-order chi connectivity index (χ0) is 14.6. The monoisotopic (exact) mass is 284 g/mol. The van der Waals surface area contributed by atoms with Crippen molar-refractivity contribution in [1.29, 1.82) is 0 Å². The number of aromatic nitrogens is 2. The summed E-state index contributed by atoms with van der Waals surface area (Å²) in [5.41, 5.74) is 7.17. The largest absolute Gasteiger partial charge is 0.416 e. The summed E-state index contributed by atoms with van der Waals surface area (Å²) in [6.07, 6.45) is -2.19. The van der Waals surface area contributed by atoms with Gasteiger partial charge in [0.1, 0.15) is 0 Å². The van der Waals surface area contributed by atoms with Gasteiger partial charge in [-0.3, -0.25) is 5.10 Å². The van der Waals surface area contributed by atoms with Crippen molar-refractivity contribution in [2.75, 3.05) is 18.4 Å². The molecule has 0 spiro atoms. The van der Waals surface area contributed by atoms with Gasteiger partial charge in [-0.2, -0.15) is 18.3 Å². The second-order valence-electron chi connectivity index (χ2n) is 4.35. The van der Waals surface area contributed by atoms with E-state index in [9.17, 15) is 13.2 Å². The molecular weight excluding hydrogens is 269 g/mol. The van der Waals surface area contributed by atoms with Crippen LogP contribution >= 0.6 is 0 Å². The number of nitrogens with zero attached hydrogens (tertiary/aromatic N) is 1. The molecule has 0 atom stereocenters. The molecule has 0 aliphatic carbocycles. The van der Waals surface area contributed by atoms with Gasteiger partial charge in [0.05, 0.1) is 23.1 Å². The lowest BCUT2D eigenvalue weighted by molar-refractivity contribution is -0.137. The minimum atomic E-state index is -4.31. The smallest absolute Gasteiger partial charge is 0.381 e. The highest BCUT2D eigenvalue weighted by molar-refractivity contribution is 5.48. The van der Waals surface area contributed by atoms with E-state index in [1.807, 2.05) is 0 Å². The average molecular weight is 284 g/mol. The van der Waals surface area contributed by atoms with Crippen molar-refractivity contribution in [1.82, 2.24) is 10.2 Å². The fourth-order valence-corrected chi connectivity index (χ4v) is 1.82. The predicted molar refractivity (Wildman–Crippen MR) is 70.4 cm³/mol. The van der Waals surface area contributed by atoms with Gasteiger partial charge in [0, 0.05) is 19.5 Å². The van der Waals surface area contributed by atoms with Crippen LogP contribution in [-0.4, -0.2) is 23.3 Å². The van der Waals surface area contributed by atoms with Crippen molar-refractivity contribution >= 4 is 5.69 Å². The third kappa shape index (κ3) is 3.51. The second-order valence-corrected chi connectivity index (χ2v) is 4.35. The molecule has 20 heavy (non-hydrogen) atoms. The van der Waals surface area contributed by atoms with Gasteiger partial charge in [0.25, 0.3) is 0 Å². The fraction of sp³-hybridized carbons (Fsp3) is 0.308. The minimum absolute atomic E-state index is 0.477. The van der Waals surface area contributed by atoms with Gasteiger partial charge in [-0.05, 0) is 17.7 Å². The summed E-state index contributed by atoms with van der Waals surface area (Å²) < 4.78 is 37.4. The van der Waals surface area contributed by atoms with Crippen LogP contribution in [0.15, 0.2) is 30.5 Å². The molecule has 1 aromatic carbocycles. The number of aromatic amines is 1. The number of nitrogens with one attached hydrogen (secondary N) is 2. The Balaban J connectivity index is 2.09. The van der Waals surface area contributed by atoms with Crippen LogP contribution in [0, 0.1) is 0 Å². The fourth-order valence-electron chi connectivity index (χ4n) is 1.82. The molecule has 0 unspecified atom stereocenters. The summed E-state index contributed by atoms with van der Waals surface area (Å²) in [5.74, 6) is 0. The number of H-pyrrole nitrogens is 1. The number of halogens is 3. The van der Waals surface area contributed by atoms with E-state index in [1.165, 1.54) is 12.1 Å². The topological polar surface area (TPSA) is 66.7 Å². The molecule has 0 saturated heterocycles. The first-order valence-electron chi connectivity index (χ1n) is 6.13. The van der Waals surface area contributed by atoms with E-state index in [2.05, 4.69) is 15.5 Å². The molecule has 108 valence electrons. The van der Waals surface area contributed by atoms with Crippen LogP contribution in [0.3, 0.4) is 0 Å². The molecule has 0 aliphatic heterocycles. The summed E-state index contributed by atoms with van der Waals surface area (Å²) in [6.45, 7) is 1.10. The van der Waals surface area contributed by atoms with Crippen molar-refractivity contribution < 1.29 is 13.2 Å². The van der Waals surface area contributed by atoms with E-state index in [0.29, 0.717) is 19.5 Å². The molecule has 0 amide bonds. The van der Waals surface area contributed by atoms with Crippen molar-refractivity contribution in [3.05, 3.63) is 47.3 Å². The molecule has 0 bridgehead atoms. The highest BCUT2D eigenvalue weighted by Crippen LogP contribution is 2.29. The third-order valence-corrected chi connectivity index (χ3v) is 2.84. The molecule has 1 heterocycles. The first-order valence-corrected chi connectivity index (χ1v) is 6.13. The maximum absolute atomic E-state index is 12.5. The van der Waals surface area contributed by atoms with Crippen molar-refractivity contribution in [3.63, 3.8) is 0 Å². The van der Waals surface area contributed by atoms with E-state index in [0.717, 1.165) is 29.1 Å². The average Bonchev–Trinajstić information content (AvgIpc) is 2.83. The van der Waals surface area contributed by atoms with Crippen molar-refractivity contribution in [2.45, 2.75) is 12.6 Å². The number of anilines is 1. The molecule has 0 aliphatic rings. The van der Waals surface area contributed by atoms with Crippen LogP contribution in [-0.2, 0) is 12.6 Å². The molecule has 2 aromatic rings. The molecule has 0 fully saturated rings. The standard InChI is InChI=1S/C13H15F3N4/c14-13(15,16)10-3-1-9(2-4-10)7-11-12(8-19-20-11)18-6-5-17/h1-4,8,18H,5-7,17H2,(H,19,20). The Hall–Kier alpha value is -2.02. The van der Waals surface area contributed by atoms with Gasteiger partial charge < -0.3 is 11.1 Å². The van der Waals surface area contributed by atoms with Crippen molar-refractivity contribution in [2.24, 2.45) is 5.73 Å². The maximum Gasteiger partial charge on any atom is 0.416 e. The van der Waals surface area contributed by atoms with Gasteiger partial charge in [-0.25, -0.2) is 0 Å². The van der Waals surface area contributed by atoms with Crippen LogP contribution in [0.1, 0.15) is 16.8 Å². The van der Waals surface area contributed by atoms with Crippen LogP contribution in [0.2, 0.25) is 0 Å². The quantitative estimate of drug-likeness (QED) is 0.789. The van der Waals surface area contributed by atoms with Gasteiger partial charge in [-0.1, -0.05) is 12.1 Å². The molecule has 0 saturated carbocycles. The Morgan fingerprint density at radius 1 is 1.20 bits per heavy atom. The highest BCUT2D eigenvalue weighted by atomic mass is 19.4. The van der Waals surface area contributed by atoms with Crippen LogP contribution in [0.25, 0.3) is 0 Å². The summed E-state index contributed by atoms with van der Waals surface area (Å²) >= 11 is 0. The Bertz CT molecular complexity index is 545. The number of alkyl halides is 3. The zero-order valence-corrected chi connectivity index (χ0v) is 10.7. The van der Waals surface area contributed by atoms with Crippen molar-refractivity contribution in [3.8, 4) is 0 Å². The number of hydrogen-bond acceptors (Lipinski definition) is 3. The second kappa shape index (κ2) is 5.96. The van der Waals surface area contributed by atoms with E-state index in [1.54, 1.807) is 6.20 Å². The van der Waals surface area contributed by atoms with Gasteiger partial charge in [0.15, 0.2) is 0 Å². The summed E-state index contributed by atoms with van der Waals surface area (Å²) in [5, 5.41) is 9.85. The predicted octanol–water partition coefficient (Wildman–Crippen LogP) is 2.39. The van der Waals surface area contributed by atoms with Gasteiger partial charge in [0.2, 0.25) is 0 Å². The molecule has 0 radical (unpaired) electrons. The SMILES string of the molecule is NCCNc1cn[nH]c1Cc1ccc(C(F)(F)F)cc1. The minimum Gasteiger partial charge on any atom is -0.381 e. The Morgan fingerprint density at radius 3 is 2.50 bits per heavy atom. The Kier molecular flexibility index (Phi) is 4.29. The number of rotatable bonds is 5. The normalized spacial score (nSPS) is 11.6. The summed E-state index contributed by atoms with van der Waals surface area (Å²) in [6, 6.07) is 5.10. The van der Waals surface area contributed by atoms with E-state index in [-0.39, 0.29) is 0 Å². The highest BCUT2D eigenvalue weighted by Gasteiger charge is 2.29. The third-order valence-electron chi connectivity index (χ3n) is 2.84. The Labute approximate surface area is 114 Å². The molecule has 4 nitrogen and oxygen atoms in total. The lowest BCUT2D eigenvalue weighted by Gasteiger charge is -2.08. The summed E-state index contributed by atoms with van der Waals surface area (Å²) in [4.78, 5) is 0. The van der Waals surface area contributed by atoms with Crippen LogP contribution < -0.4 is 11.1 Å². The number of hydrogen-bond donors (Lipinski definition) is 3. The van der Waals surface area contributed by atoms with E-state index in [4.69, 9.17) is 5.73 Å². The lowest BCUT2D eigenvalue weighted by atomic mass is 10.1. The molecular formula is C13H15F3N4. The van der Waals surface area contributed by atoms with E-state index >= 15 is 0 Å². The van der Waals surface area contributed by atoms with E-state index < -0.39 is 11.7 Å². The Morgan fingerprint density at radius 2 is 1.90 bits per heavy atom. The molecule has 7 heteroatoms. The molecule has 4 N–H and O–H groups in total. The van der Waals surface area contributed by atoms with Gasteiger partial charge >= 0.3 is 6.18 Å².